The molecule has 3 heterocycles. The number of likely N-dealkylation sites (N-methyl/N-ethyl adjacent to an activating group) is 2. The number of rotatable bonds is 2. The quantitative estimate of drug-likeness (QED) is 0.775. The predicted octanol–water partition coefficient (Wildman–Crippen LogP) is -0.227. The highest BCUT2D eigenvalue weighted by Crippen LogP contribution is 2.25. The lowest BCUT2D eigenvalue weighted by molar-refractivity contribution is 0.190. The molecule has 0 aliphatic carbocycles. The van der Waals surface area contributed by atoms with Crippen molar-refractivity contribution in [2.24, 2.45) is 0 Å². The van der Waals surface area contributed by atoms with E-state index in [9.17, 15) is 5.11 Å². The van der Waals surface area contributed by atoms with Gasteiger partial charge in [0.25, 0.3) is 0 Å². The summed E-state index contributed by atoms with van der Waals surface area (Å²) < 4.78 is 5.39. The Morgan fingerprint density at radius 1 is 1.35 bits per heavy atom. The van der Waals surface area contributed by atoms with Crippen LogP contribution in [0.15, 0.2) is 4.52 Å². The summed E-state index contributed by atoms with van der Waals surface area (Å²) in [6.45, 7) is 3.64. The summed E-state index contributed by atoms with van der Waals surface area (Å²) in [5.74, 6) is 1.34. The Kier molecular flexibility index (Phi) is 4.02. The molecule has 2 fully saturated rings. The smallest absolute Gasteiger partial charge is 0.243 e. The molecule has 7 nitrogen and oxygen atoms in total. The molecule has 0 bridgehead atoms. The molecule has 2 aliphatic rings. The van der Waals surface area contributed by atoms with Crippen LogP contribution in [0.1, 0.15) is 36.6 Å². The van der Waals surface area contributed by atoms with E-state index in [2.05, 4.69) is 39.4 Å². The third kappa shape index (κ3) is 2.85. The van der Waals surface area contributed by atoms with Crippen LogP contribution in [0.5, 0.6) is 0 Å². The van der Waals surface area contributed by atoms with Gasteiger partial charge < -0.3 is 19.8 Å². The highest BCUT2D eigenvalue weighted by atomic mass is 16.5. The summed E-state index contributed by atoms with van der Waals surface area (Å²) in [6, 6.07) is 0.159. The lowest BCUT2D eigenvalue weighted by Crippen LogP contribution is -2.31. The molecular weight excluding hydrogens is 258 g/mol. The van der Waals surface area contributed by atoms with Crippen LogP contribution in [0.2, 0.25) is 0 Å². The second-order valence-electron chi connectivity index (χ2n) is 5.95. The summed E-state index contributed by atoms with van der Waals surface area (Å²) in [5.41, 5.74) is 0. The average Bonchev–Trinajstić information content (AvgIpc) is 3.01. The molecule has 2 aliphatic heterocycles. The van der Waals surface area contributed by atoms with E-state index in [1.807, 2.05) is 0 Å². The molecule has 2 N–H and O–H groups in total. The molecule has 3 atom stereocenters. The Bertz CT molecular complexity index is 452. The van der Waals surface area contributed by atoms with Crippen LogP contribution >= 0.6 is 0 Å². The first-order chi connectivity index (χ1) is 9.63. The minimum atomic E-state index is -0.318. The predicted molar refractivity (Wildman–Crippen MR) is 73.2 cm³/mol. The molecule has 2 saturated heterocycles. The molecule has 1 aromatic rings. The standard InChI is InChI=1S/C13H23N5O2/c1-17-4-3-5-18(2)11(8-17)12-15-13(20-16-12)10-6-9(19)7-14-10/h9-11,14,19H,3-8H2,1-2H3/t9-,10+,11?/m0/s1. The van der Waals surface area contributed by atoms with Crippen molar-refractivity contribution in [1.29, 1.82) is 0 Å². The first-order valence-electron chi connectivity index (χ1n) is 7.27. The monoisotopic (exact) mass is 281 g/mol. The van der Waals surface area contributed by atoms with E-state index >= 15 is 0 Å². The normalized spacial score (nSPS) is 33.5. The number of aliphatic hydroxyl groups is 1. The maximum atomic E-state index is 9.56. The van der Waals surface area contributed by atoms with Gasteiger partial charge in [0.05, 0.1) is 18.2 Å². The SMILES string of the molecule is CN1CCCN(C)C(c2noc([C@H]3C[C@H](O)CN3)n2)C1. The number of nitrogens with zero attached hydrogens (tertiary/aromatic N) is 4. The Balaban J connectivity index is 1.74. The van der Waals surface area contributed by atoms with Crippen molar-refractivity contribution in [2.75, 3.05) is 40.3 Å². The van der Waals surface area contributed by atoms with Crippen molar-refractivity contribution < 1.29 is 9.63 Å². The molecule has 0 radical (unpaired) electrons. The zero-order valence-electron chi connectivity index (χ0n) is 12.1. The molecular formula is C13H23N5O2. The second kappa shape index (κ2) is 5.77. The summed E-state index contributed by atoms with van der Waals surface area (Å²) >= 11 is 0. The maximum Gasteiger partial charge on any atom is 0.243 e. The van der Waals surface area contributed by atoms with E-state index < -0.39 is 0 Å². The van der Waals surface area contributed by atoms with Gasteiger partial charge >= 0.3 is 0 Å². The van der Waals surface area contributed by atoms with E-state index in [0.717, 1.165) is 31.9 Å². The van der Waals surface area contributed by atoms with Crippen LogP contribution < -0.4 is 5.32 Å². The first kappa shape index (κ1) is 13.9. The van der Waals surface area contributed by atoms with Gasteiger partial charge in [-0.05, 0) is 40.0 Å². The molecule has 0 spiro atoms. The number of aliphatic hydroxyl groups excluding tert-OH is 1. The molecule has 112 valence electrons. The number of hydrogen-bond acceptors (Lipinski definition) is 7. The van der Waals surface area contributed by atoms with Crippen LogP contribution in [0.3, 0.4) is 0 Å². The van der Waals surface area contributed by atoms with Gasteiger partial charge in [-0.1, -0.05) is 5.16 Å². The van der Waals surface area contributed by atoms with Crippen molar-refractivity contribution in [3.8, 4) is 0 Å². The first-order valence-corrected chi connectivity index (χ1v) is 7.27. The fraction of sp³-hybridized carbons (Fsp3) is 0.846. The molecule has 20 heavy (non-hydrogen) atoms. The molecule has 0 saturated carbocycles. The molecule has 7 heteroatoms. The number of nitrogens with one attached hydrogen (secondary N) is 1. The van der Waals surface area contributed by atoms with Crippen molar-refractivity contribution in [3.05, 3.63) is 11.7 Å². The van der Waals surface area contributed by atoms with E-state index in [4.69, 9.17) is 4.52 Å². The minimum Gasteiger partial charge on any atom is -0.392 e. The molecule has 0 aromatic carbocycles. The topological polar surface area (TPSA) is 77.7 Å². The Morgan fingerprint density at radius 2 is 2.20 bits per heavy atom. The molecule has 1 unspecified atom stereocenters. The summed E-state index contributed by atoms with van der Waals surface area (Å²) in [6.07, 6.45) is 1.48. The summed E-state index contributed by atoms with van der Waals surface area (Å²) in [5, 5.41) is 16.9. The van der Waals surface area contributed by atoms with Gasteiger partial charge in [0.2, 0.25) is 5.89 Å². The molecule has 0 amide bonds. The van der Waals surface area contributed by atoms with Crippen LogP contribution in [0, 0.1) is 0 Å². The van der Waals surface area contributed by atoms with Gasteiger partial charge in [-0.15, -0.1) is 0 Å². The van der Waals surface area contributed by atoms with Gasteiger partial charge in [-0.2, -0.15) is 4.98 Å². The summed E-state index contributed by atoms with van der Waals surface area (Å²) in [7, 11) is 4.24. The average molecular weight is 281 g/mol. The van der Waals surface area contributed by atoms with E-state index in [1.54, 1.807) is 0 Å². The number of hydrogen-bond donors (Lipinski definition) is 2. The van der Waals surface area contributed by atoms with Crippen LogP contribution in [0.4, 0.5) is 0 Å². The maximum absolute atomic E-state index is 9.56. The summed E-state index contributed by atoms with van der Waals surface area (Å²) in [4.78, 5) is 9.15. The van der Waals surface area contributed by atoms with Crippen molar-refractivity contribution in [3.63, 3.8) is 0 Å². The second-order valence-corrected chi connectivity index (χ2v) is 5.95. The van der Waals surface area contributed by atoms with Crippen LogP contribution in [-0.4, -0.2) is 71.4 Å². The zero-order valence-corrected chi connectivity index (χ0v) is 12.1. The van der Waals surface area contributed by atoms with Crippen LogP contribution in [0.25, 0.3) is 0 Å². The van der Waals surface area contributed by atoms with Gasteiger partial charge in [0, 0.05) is 13.1 Å². The zero-order chi connectivity index (χ0) is 14.1. The third-order valence-corrected chi connectivity index (χ3v) is 4.23. The third-order valence-electron chi connectivity index (χ3n) is 4.23. The van der Waals surface area contributed by atoms with Gasteiger partial charge in [0.1, 0.15) is 0 Å². The van der Waals surface area contributed by atoms with Crippen molar-refractivity contribution in [2.45, 2.75) is 31.0 Å². The van der Waals surface area contributed by atoms with Crippen molar-refractivity contribution in [1.82, 2.24) is 25.3 Å². The highest BCUT2D eigenvalue weighted by molar-refractivity contribution is 5.02. The lowest BCUT2D eigenvalue weighted by Gasteiger charge is -2.24. The fourth-order valence-corrected chi connectivity index (χ4v) is 2.98. The van der Waals surface area contributed by atoms with E-state index in [-0.39, 0.29) is 18.2 Å². The molecule has 1 aromatic heterocycles. The Morgan fingerprint density at radius 3 is 2.95 bits per heavy atom. The number of aromatic nitrogens is 2. The molecule has 3 rings (SSSR count). The minimum absolute atomic E-state index is 0.0138. The number of β-amino-alcohol motifs (C(OH)–C–C–N with tert-alkyl or cyclic N) is 1. The van der Waals surface area contributed by atoms with E-state index in [0.29, 0.717) is 18.9 Å². The largest absolute Gasteiger partial charge is 0.392 e. The van der Waals surface area contributed by atoms with E-state index in [1.165, 1.54) is 0 Å². The van der Waals surface area contributed by atoms with Gasteiger partial charge in [-0.25, -0.2) is 0 Å². The van der Waals surface area contributed by atoms with Gasteiger partial charge in [0.15, 0.2) is 5.82 Å². The van der Waals surface area contributed by atoms with Crippen LogP contribution in [-0.2, 0) is 0 Å². The Labute approximate surface area is 118 Å². The van der Waals surface area contributed by atoms with Crippen molar-refractivity contribution >= 4 is 0 Å². The fourth-order valence-electron chi connectivity index (χ4n) is 2.98. The lowest BCUT2D eigenvalue weighted by atomic mass is 10.2. The highest BCUT2D eigenvalue weighted by Gasteiger charge is 2.31. The van der Waals surface area contributed by atoms with Gasteiger partial charge in [-0.3, -0.25) is 4.90 Å². The Hall–Kier alpha value is -1.02.